The Morgan fingerprint density at radius 2 is 2.19 bits per heavy atom. The van der Waals surface area contributed by atoms with E-state index in [-0.39, 0.29) is 11.4 Å². The van der Waals surface area contributed by atoms with Gasteiger partial charge in [-0.3, -0.25) is 0 Å². The maximum Gasteiger partial charge on any atom is 0.434 e. The lowest BCUT2D eigenvalue weighted by Gasteiger charge is -2.37. The number of halogens is 3. The summed E-state index contributed by atoms with van der Waals surface area (Å²) in [5.41, 5.74) is -1.43. The number of nitrogens with one attached hydrogen (secondary N) is 1. The highest BCUT2D eigenvalue weighted by atomic mass is 32.1. The van der Waals surface area contributed by atoms with Crippen molar-refractivity contribution in [3.63, 3.8) is 0 Å². The molecule has 2 rings (SSSR count). The average Bonchev–Trinajstić information content (AvgIpc) is 2.83. The first-order valence-corrected chi connectivity index (χ1v) is 7.91. The fourth-order valence-corrected chi connectivity index (χ4v) is 4.32. The number of nitrogens with zero attached hydrogens (tertiary/aromatic N) is 1. The second kappa shape index (κ2) is 6.22. The van der Waals surface area contributed by atoms with Crippen molar-refractivity contribution in [2.45, 2.75) is 50.9 Å². The van der Waals surface area contributed by atoms with Crippen LogP contribution < -0.4 is 5.32 Å². The Kier molecular flexibility index (Phi) is 4.95. The van der Waals surface area contributed by atoms with E-state index in [4.69, 9.17) is 4.74 Å². The molecule has 1 aliphatic carbocycles. The number of aromatic nitrogens is 1. The van der Waals surface area contributed by atoms with Crippen LogP contribution in [0.5, 0.6) is 0 Å². The lowest BCUT2D eigenvalue weighted by atomic mass is 9.79. The summed E-state index contributed by atoms with van der Waals surface area (Å²) in [6.07, 6.45) is -0.912. The molecule has 1 fully saturated rings. The van der Waals surface area contributed by atoms with Gasteiger partial charge in [-0.05, 0) is 32.2 Å². The number of alkyl halides is 3. The molecule has 3 nitrogen and oxygen atoms in total. The first-order valence-electron chi connectivity index (χ1n) is 7.09. The molecule has 0 saturated heterocycles. The van der Waals surface area contributed by atoms with E-state index in [0.29, 0.717) is 10.9 Å². The zero-order valence-corrected chi connectivity index (χ0v) is 13.3. The van der Waals surface area contributed by atoms with Crippen molar-refractivity contribution >= 4 is 11.3 Å². The zero-order valence-electron chi connectivity index (χ0n) is 12.5. The fourth-order valence-electron chi connectivity index (χ4n) is 3.02. The Morgan fingerprint density at radius 1 is 1.48 bits per heavy atom. The molecule has 0 amide bonds. The standard InChI is InChI=1S/C14H21F3N2OS/c1-9-5-4-6-13(7-9,20-3)12-19-11(14(15,16)17)10(21-12)8-18-2/h9,18H,4-8H2,1-3H3. The molecule has 2 unspecified atom stereocenters. The molecule has 2 atom stereocenters. The van der Waals surface area contributed by atoms with Crippen LogP contribution in [-0.4, -0.2) is 19.1 Å². The monoisotopic (exact) mass is 322 g/mol. The molecule has 1 N–H and O–H groups in total. The van der Waals surface area contributed by atoms with Gasteiger partial charge in [-0.2, -0.15) is 13.2 Å². The van der Waals surface area contributed by atoms with Crippen molar-refractivity contribution in [1.82, 2.24) is 10.3 Å². The van der Waals surface area contributed by atoms with E-state index in [1.807, 2.05) is 0 Å². The molecule has 1 saturated carbocycles. The quantitative estimate of drug-likeness (QED) is 0.912. The van der Waals surface area contributed by atoms with Gasteiger partial charge in [0.2, 0.25) is 0 Å². The van der Waals surface area contributed by atoms with Crippen molar-refractivity contribution in [2.75, 3.05) is 14.2 Å². The smallest absolute Gasteiger partial charge is 0.371 e. The number of hydrogen-bond acceptors (Lipinski definition) is 4. The van der Waals surface area contributed by atoms with Crippen LogP contribution in [0.25, 0.3) is 0 Å². The Morgan fingerprint density at radius 3 is 2.71 bits per heavy atom. The van der Waals surface area contributed by atoms with Gasteiger partial charge >= 0.3 is 6.18 Å². The van der Waals surface area contributed by atoms with Crippen molar-refractivity contribution in [3.8, 4) is 0 Å². The second-order valence-electron chi connectivity index (χ2n) is 5.72. The van der Waals surface area contributed by atoms with Crippen LogP contribution in [0.4, 0.5) is 13.2 Å². The summed E-state index contributed by atoms with van der Waals surface area (Å²) in [5.74, 6) is 0.435. The molecule has 7 heteroatoms. The Bertz CT molecular complexity index is 489. The fraction of sp³-hybridized carbons (Fsp3) is 0.786. The normalized spacial score (nSPS) is 27.0. The molecule has 1 heterocycles. The largest absolute Gasteiger partial charge is 0.434 e. The molecular formula is C14H21F3N2OS. The maximum atomic E-state index is 13.1. The minimum absolute atomic E-state index is 0.169. The molecular weight excluding hydrogens is 301 g/mol. The molecule has 1 aliphatic rings. The highest BCUT2D eigenvalue weighted by Gasteiger charge is 2.44. The third kappa shape index (κ3) is 3.40. The van der Waals surface area contributed by atoms with Gasteiger partial charge in [0.15, 0.2) is 5.69 Å². The summed E-state index contributed by atoms with van der Waals surface area (Å²) in [7, 11) is 3.21. The van der Waals surface area contributed by atoms with Gasteiger partial charge in [0, 0.05) is 13.7 Å². The van der Waals surface area contributed by atoms with E-state index in [2.05, 4.69) is 17.2 Å². The lowest BCUT2D eigenvalue weighted by Crippen LogP contribution is -2.34. The third-order valence-electron chi connectivity index (χ3n) is 4.04. The van der Waals surface area contributed by atoms with Crippen LogP contribution in [-0.2, 0) is 23.1 Å². The molecule has 1 aromatic heterocycles. The molecule has 1 aromatic rings. The molecule has 0 spiro atoms. The number of rotatable bonds is 4. The summed E-state index contributed by atoms with van der Waals surface area (Å²) in [5, 5.41) is 3.25. The predicted octanol–water partition coefficient (Wildman–Crippen LogP) is 3.93. The van der Waals surface area contributed by atoms with E-state index in [9.17, 15) is 13.2 Å². The first kappa shape index (κ1) is 16.7. The van der Waals surface area contributed by atoms with Crippen molar-refractivity contribution in [3.05, 3.63) is 15.6 Å². The summed E-state index contributed by atoms with van der Waals surface area (Å²) < 4.78 is 45.1. The Labute approximate surface area is 126 Å². The van der Waals surface area contributed by atoms with Gasteiger partial charge in [0.1, 0.15) is 10.6 Å². The van der Waals surface area contributed by atoms with Gasteiger partial charge < -0.3 is 10.1 Å². The van der Waals surface area contributed by atoms with Gasteiger partial charge in [-0.15, -0.1) is 11.3 Å². The van der Waals surface area contributed by atoms with Crippen LogP contribution in [0.2, 0.25) is 0 Å². The maximum absolute atomic E-state index is 13.1. The lowest BCUT2D eigenvalue weighted by molar-refractivity contribution is -0.142. The van der Waals surface area contributed by atoms with Crippen LogP contribution in [0, 0.1) is 5.92 Å². The van der Waals surface area contributed by atoms with E-state index in [1.54, 1.807) is 14.2 Å². The van der Waals surface area contributed by atoms with Gasteiger partial charge in [-0.25, -0.2) is 4.98 Å². The zero-order chi connectivity index (χ0) is 15.7. The molecule has 0 bridgehead atoms. The number of methoxy groups -OCH3 is 1. The van der Waals surface area contributed by atoms with Crippen LogP contribution in [0.1, 0.15) is 48.2 Å². The van der Waals surface area contributed by atoms with E-state index in [0.717, 1.165) is 37.0 Å². The molecule has 0 aliphatic heterocycles. The van der Waals surface area contributed by atoms with Crippen LogP contribution >= 0.6 is 11.3 Å². The first-order chi connectivity index (χ1) is 9.82. The molecule has 120 valence electrons. The Balaban J connectivity index is 2.42. The highest BCUT2D eigenvalue weighted by molar-refractivity contribution is 7.11. The van der Waals surface area contributed by atoms with E-state index in [1.165, 1.54) is 0 Å². The summed E-state index contributed by atoms with van der Waals surface area (Å²) in [4.78, 5) is 4.16. The number of ether oxygens (including phenoxy) is 1. The van der Waals surface area contributed by atoms with Crippen LogP contribution in [0.3, 0.4) is 0 Å². The number of thiazole rings is 1. The summed E-state index contributed by atoms with van der Waals surface area (Å²) in [6, 6.07) is 0. The SMILES string of the molecule is CNCc1sc(C2(OC)CCCC(C)C2)nc1C(F)(F)F. The predicted molar refractivity (Wildman–Crippen MR) is 76.2 cm³/mol. The molecule has 0 radical (unpaired) electrons. The second-order valence-corrected chi connectivity index (χ2v) is 6.80. The number of hydrogen-bond donors (Lipinski definition) is 1. The topological polar surface area (TPSA) is 34.1 Å². The van der Waals surface area contributed by atoms with Gasteiger partial charge in [0.05, 0.1) is 4.88 Å². The molecule has 0 aromatic carbocycles. The van der Waals surface area contributed by atoms with E-state index >= 15 is 0 Å². The van der Waals surface area contributed by atoms with Gasteiger partial charge in [0.25, 0.3) is 0 Å². The minimum Gasteiger partial charge on any atom is -0.371 e. The third-order valence-corrected chi connectivity index (χ3v) is 5.28. The van der Waals surface area contributed by atoms with Crippen molar-refractivity contribution in [2.24, 2.45) is 5.92 Å². The Hall–Kier alpha value is -0.660. The summed E-state index contributed by atoms with van der Waals surface area (Å²) >= 11 is 1.12. The average molecular weight is 322 g/mol. The van der Waals surface area contributed by atoms with Crippen molar-refractivity contribution in [1.29, 1.82) is 0 Å². The van der Waals surface area contributed by atoms with Crippen LogP contribution in [0.15, 0.2) is 0 Å². The van der Waals surface area contributed by atoms with Crippen molar-refractivity contribution < 1.29 is 17.9 Å². The minimum atomic E-state index is -4.42. The van der Waals surface area contributed by atoms with Gasteiger partial charge in [-0.1, -0.05) is 13.3 Å². The highest BCUT2D eigenvalue weighted by Crippen LogP contribution is 2.46. The molecule has 21 heavy (non-hydrogen) atoms. The van der Waals surface area contributed by atoms with E-state index < -0.39 is 17.5 Å². The summed E-state index contributed by atoms with van der Waals surface area (Å²) in [6.45, 7) is 2.28.